The number of amides is 2. The lowest BCUT2D eigenvalue weighted by Gasteiger charge is -2.11. The molecule has 0 saturated heterocycles. The molecule has 0 radical (unpaired) electrons. The van der Waals surface area contributed by atoms with Gasteiger partial charge in [-0.1, -0.05) is 30.3 Å². The van der Waals surface area contributed by atoms with Gasteiger partial charge in [-0.05, 0) is 5.56 Å². The summed E-state index contributed by atoms with van der Waals surface area (Å²) in [6.07, 6.45) is -0.115. The van der Waals surface area contributed by atoms with Crippen molar-refractivity contribution in [2.45, 2.75) is 5.75 Å². The summed E-state index contributed by atoms with van der Waals surface area (Å²) >= 11 is 0. The lowest BCUT2D eigenvalue weighted by molar-refractivity contribution is -0.135. The molecule has 0 aliphatic rings. The van der Waals surface area contributed by atoms with E-state index in [1.807, 2.05) is 10.0 Å². The van der Waals surface area contributed by atoms with Gasteiger partial charge in [0.2, 0.25) is 10.0 Å². The van der Waals surface area contributed by atoms with E-state index in [1.54, 1.807) is 30.3 Å². The van der Waals surface area contributed by atoms with Crippen molar-refractivity contribution in [3.63, 3.8) is 0 Å². The molecule has 0 bridgehead atoms. The Morgan fingerprint density at radius 2 is 1.86 bits per heavy atom. The van der Waals surface area contributed by atoms with E-state index in [2.05, 4.69) is 4.98 Å². The molecule has 2 amide bonds. The van der Waals surface area contributed by atoms with E-state index >= 15 is 0 Å². The number of nitrogens with one attached hydrogen (secondary N) is 2. The summed E-state index contributed by atoms with van der Waals surface area (Å²) in [4.78, 5) is 37.9. The van der Waals surface area contributed by atoms with Gasteiger partial charge < -0.3 is 19.9 Å². The minimum Gasteiger partial charge on any atom is -0.491 e. The zero-order valence-corrected chi connectivity index (χ0v) is 15.9. The molecule has 0 atom stereocenters. The minimum atomic E-state index is -3.97. The third-order valence-electron chi connectivity index (χ3n) is 3.32. The molecule has 1 aromatic heterocycles. The number of ether oxygens (including phenoxy) is 2. The van der Waals surface area contributed by atoms with Crippen molar-refractivity contribution in [1.82, 2.24) is 15.0 Å². The van der Waals surface area contributed by atoms with Crippen molar-refractivity contribution in [3.8, 4) is 11.6 Å². The van der Waals surface area contributed by atoms with Crippen molar-refractivity contribution < 1.29 is 37.4 Å². The molecule has 29 heavy (non-hydrogen) atoms. The van der Waals surface area contributed by atoms with E-state index in [4.69, 9.17) is 14.6 Å². The fraction of sp³-hybridized carbons (Fsp3) is 0.176. The van der Waals surface area contributed by atoms with Gasteiger partial charge in [0.05, 0.1) is 18.4 Å². The van der Waals surface area contributed by atoms with Gasteiger partial charge in [-0.3, -0.25) is 9.59 Å². The fourth-order valence-corrected chi connectivity index (χ4v) is 3.18. The third-order valence-corrected chi connectivity index (χ3v) is 4.53. The second kappa shape index (κ2) is 9.50. The molecule has 0 aliphatic carbocycles. The first-order valence-electron chi connectivity index (χ1n) is 8.00. The first-order chi connectivity index (χ1) is 13.7. The smallest absolute Gasteiger partial charge is 0.414 e. The monoisotopic (exact) mass is 423 g/mol. The maximum absolute atomic E-state index is 12.3. The van der Waals surface area contributed by atoms with E-state index in [1.165, 1.54) is 7.11 Å². The minimum absolute atomic E-state index is 0.136. The van der Waals surface area contributed by atoms with E-state index in [0.29, 0.717) is 5.56 Å². The Labute approximate surface area is 165 Å². The zero-order chi connectivity index (χ0) is 21.4. The number of carbonyl (C=O) groups excluding carboxylic acids is 2. The number of aliphatic carboxylic acids is 1. The van der Waals surface area contributed by atoms with Crippen LogP contribution in [0.25, 0.3) is 0 Å². The summed E-state index contributed by atoms with van der Waals surface area (Å²) in [6, 6.07) is 9.42. The van der Waals surface area contributed by atoms with E-state index < -0.39 is 40.3 Å². The highest BCUT2D eigenvalue weighted by atomic mass is 32.2. The Morgan fingerprint density at radius 3 is 2.48 bits per heavy atom. The lowest BCUT2D eigenvalue weighted by Crippen LogP contribution is -2.32. The molecule has 1 heterocycles. The van der Waals surface area contributed by atoms with Crippen LogP contribution in [0, 0.1) is 0 Å². The number of carboxylic acid groups (broad SMARTS) is 1. The molecule has 2 aromatic rings. The van der Waals surface area contributed by atoms with Crippen LogP contribution in [0.4, 0.5) is 4.79 Å². The normalized spacial score (nSPS) is 10.7. The predicted octanol–water partition coefficient (Wildman–Crippen LogP) is 0.523. The maximum atomic E-state index is 12.3. The van der Waals surface area contributed by atoms with E-state index in [9.17, 15) is 22.8 Å². The topological polar surface area (TPSA) is 161 Å². The van der Waals surface area contributed by atoms with Crippen molar-refractivity contribution in [2.24, 2.45) is 0 Å². The summed E-state index contributed by atoms with van der Waals surface area (Å²) in [5.74, 6) is -3.09. The second-order valence-electron chi connectivity index (χ2n) is 5.54. The van der Waals surface area contributed by atoms with Crippen LogP contribution in [0.15, 0.2) is 42.6 Å². The standard InChI is InChI=1S/C17H17N3O8S/c1-27-13-7-12(8-18-16(13)28-17(24)19-9-14(21)22)15(23)20-29(25,26)10-11-5-3-2-4-6-11/h2-8H,9-10H2,1H3,(H,19,24)(H,20,23)(H,21,22). The molecular formula is C17H17N3O8S. The van der Waals surface area contributed by atoms with Crippen LogP contribution < -0.4 is 19.5 Å². The van der Waals surface area contributed by atoms with Crippen LogP contribution in [0.3, 0.4) is 0 Å². The fourth-order valence-electron chi connectivity index (χ4n) is 2.08. The van der Waals surface area contributed by atoms with Crippen LogP contribution in [0.5, 0.6) is 11.6 Å². The van der Waals surface area contributed by atoms with E-state index in [-0.39, 0.29) is 17.2 Å². The van der Waals surface area contributed by atoms with Crippen molar-refractivity contribution in [3.05, 3.63) is 53.7 Å². The molecule has 0 aliphatic heterocycles. The first kappa shape index (κ1) is 21.6. The lowest BCUT2D eigenvalue weighted by atomic mass is 10.2. The van der Waals surface area contributed by atoms with Crippen LogP contribution in [-0.4, -0.2) is 50.1 Å². The summed E-state index contributed by atoms with van der Waals surface area (Å²) in [7, 11) is -2.75. The predicted molar refractivity (Wildman–Crippen MR) is 99.0 cm³/mol. The molecule has 0 fully saturated rings. The Bertz CT molecular complexity index is 1010. The van der Waals surface area contributed by atoms with Gasteiger partial charge >= 0.3 is 12.1 Å². The molecule has 12 heteroatoms. The maximum Gasteiger partial charge on any atom is 0.414 e. The number of aromatic nitrogens is 1. The highest BCUT2D eigenvalue weighted by Gasteiger charge is 2.20. The highest BCUT2D eigenvalue weighted by Crippen LogP contribution is 2.25. The Kier molecular flexibility index (Phi) is 7.09. The Balaban J connectivity index is 2.09. The number of hydrogen-bond donors (Lipinski definition) is 3. The van der Waals surface area contributed by atoms with Gasteiger partial charge in [0.15, 0.2) is 5.75 Å². The number of pyridine rings is 1. The number of sulfonamides is 1. The van der Waals surface area contributed by atoms with Gasteiger partial charge in [-0.25, -0.2) is 22.9 Å². The second-order valence-corrected chi connectivity index (χ2v) is 7.27. The largest absolute Gasteiger partial charge is 0.491 e. The zero-order valence-electron chi connectivity index (χ0n) is 15.1. The Morgan fingerprint density at radius 1 is 1.17 bits per heavy atom. The average molecular weight is 423 g/mol. The van der Waals surface area contributed by atoms with Crippen LogP contribution in [-0.2, 0) is 20.6 Å². The summed E-state index contributed by atoms with van der Waals surface area (Å²) in [6.45, 7) is -0.666. The van der Waals surface area contributed by atoms with Crippen molar-refractivity contribution in [1.29, 1.82) is 0 Å². The van der Waals surface area contributed by atoms with Gasteiger partial charge in [0, 0.05) is 12.3 Å². The SMILES string of the molecule is COc1cc(C(=O)NS(=O)(=O)Cc2ccccc2)cnc1OC(=O)NCC(=O)O. The molecule has 0 spiro atoms. The molecule has 0 saturated carbocycles. The molecule has 1 aromatic carbocycles. The number of carbonyl (C=O) groups is 3. The molecule has 11 nitrogen and oxygen atoms in total. The molecule has 3 N–H and O–H groups in total. The average Bonchev–Trinajstić information content (AvgIpc) is 2.66. The van der Waals surface area contributed by atoms with Crippen LogP contribution >= 0.6 is 0 Å². The molecule has 154 valence electrons. The molecule has 2 rings (SSSR count). The first-order valence-corrected chi connectivity index (χ1v) is 9.65. The number of benzene rings is 1. The van der Waals surface area contributed by atoms with E-state index in [0.717, 1.165) is 12.3 Å². The highest BCUT2D eigenvalue weighted by molar-refractivity contribution is 7.89. The quantitative estimate of drug-likeness (QED) is 0.550. The van der Waals surface area contributed by atoms with Crippen molar-refractivity contribution in [2.75, 3.05) is 13.7 Å². The van der Waals surface area contributed by atoms with Gasteiger partial charge in [0.25, 0.3) is 11.8 Å². The number of methoxy groups -OCH3 is 1. The Hall–Kier alpha value is -3.67. The van der Waals surface area contributed by atoms with Gasteiger partial charge in [-0.15, -0.1) is 0 Å². The number of hydrogen-bond acceptors (Lipinski definition) is 8. The summed E-state index contributed by atoms with van der Waals surface area (Å²) in [5, 5.41) is 10.5. The van der Waals surface area contributed by atoms with Gasteiger partial charge in [0.1, 0.15) is 6.54 Å². The molecule has 0 unspecified atom stereocenters. The summed E-state index contributed by atoms with van der Waals surface area (Å²) < 4.78 is 36.0. The summed E-state index contributed by atoms with van der Waals surface area (Å²) in [5.41, 5.74) is 0.344. The number of rotatable bonds is 8. The third kappa shape index (κ3) is 6.77. The van der Waals surface area contributed by atoms with Crippen LogP contribution in [0.1, 0.15) is 15.9 Å². The van der Waals surface area contributed by atoms with Crippen LogP contribution in [0.2, 0.25) is 0 Å². The van der Waals surface area contributed by atoms with Gasteiger partial charge in [-0.2, -0.15) is 0 Å². The molecular weight excluding hydrogens is 406 g/mol. The number of nitrogens with zero attached hydrogens (tertiary/aromatic N) is 1. The number of carboxylic acids is 1. The van der Waals surface area contributed by atoms with Crippen molar-refractivity contribution >= 4 is 28.0 Å².